The molecule has 1 atom stereocenters. The minimum absolute atomic E-state index is 0.214. The normalized spacial score (nSPS) is 12.0. The molecule has 1 unspecified atom stereocenters. The number of aliphatic hydroxyl groups is 1. The average molecular weight is 370 g/mol. The Hall–Kier alpha value is -1.67. The monoisotopic (exact) mass is 370 g/mol. The second-order valence-corrected chi connectivity index (χ2v) is 5.39. The number of aliphatic hydroxyl groups excluding tert-OH is 1. The van der Waals surface area contributed by atoms with Gasteiger partial charge in [-0.1, -0.05) is 12.1 Å². The zero-order chi connectivity index (χ0) is 19.0. The molecule has 0 aliphatic rings. The highest BCUT2D eigenvalue weighted by Gasteiger charge is 2.16. The fraction of sp³-hybridized carbons (Fsp3) is 0.632. The summed E-state index contributed by atoms with van der Waals surface area (Å²) in [5.74, 6) is 0.0998. The van der Waals surface area contributed by atoms with Crippen molar-refractivity contribution in [3.63, 3.8) is 0 Å². The van der Waals surface area contributed by atoms with E-state index >= 15 is 0 Å². The highest BCUT2D eigenvalue weighted by molar-refractivity contribution is 5.74. The van der Waals surface area contributed by atoms with Crippen molar-refractivity contribution in [2.45, 2.75) is 26.4 Å². The van der Waals surface area contributed by atoms with Crippen LogP contribution in [0.3, 0.4) is 0 Å². The van der Waals surface area contributed by atoms with E-state index in [1.807, 2.05) is 19.1 Å². The summed E-state index contributed by atoms with van der Waals surface area (Å²) in [6.45, 7) is 7.73. The molecule has 148 valence electrons. The van der Waals surface area contributed by atoms with Crippen molar-refractivity contribution < 1.29 is 33.6 Å². The van der Waals surface area contributed by atoms with Gasteiger partial charge in [0.05, 0.1) is 39.6 Å². The zero-order valence-corrected chi connectivity index (χ0v) is 15.6. The standard InChI is InChI=1S/C19H30O7/c1-3-22-9-10-23-11-12-24-13-14-26-17-7-5-16(6-8-17)15-18(20)19(21)25-4-2/h5-8,18,20H,3-4,9-15H2,1-2H3. The minimum Gasteiger partial charge on any atom is -0.491 e. The first-order valence-electron chi connectivity index (χ1n) is 8.97. The SMILES string of the molecule is CCOCCOCCOCCOc1ccc(CC(O)C(=O)OCC)cc1. The molecule has 0 aliphatic heterocycles. The maximum atomic E-state index is 11.4. The van der Waals surface area contributed by atoms with Crippen LogP contribution in [-0.4, -0.2) is 70.0 Å². The Bertz CT molecular complexity index is 475. The summed E-state index contributed by atoms with van der Waals surface area (Å²) in [7, 11) is 0. The Labute approximate surface area is 155 Å². The summed E-state index contributed by atoms with van der Waals surface area (Å²) < 4.78 is 26.2. The van der Waals surface area contributed by atoms with Crippen LogP contribution in [0.25, 0.3) is 0 Å². The van der Waals surface area contributed by atoms with Crippen LogP contribution < -0.4 is 4.74 Å². The van der Waals surface area contributed by atoms with E-state index in [0.717, 1.165) is 5.56 Å². The number of hydrogen-bond donors (Lipinski definition) is 1. The van der Waals surface area contributed by atoms with Crippen LogP contribution in [0.5, 0.6) is 5.75 Å². The van der Waals surface area contributed by atoms with Crippen LogP contribution in [0.15, 0.2) is 24.3 Å². The van der Waals surface area contributed by atoms with Gasteiger partial charge in [-0.15, -0.1) is 0 Å². The summed E-state index contributed by atoms with van der Waals surface area (Å²) in [4.78, 5) is 11.4. The van der Waals surface area contributed by atoms with Crippen LogP contribution in [-0.2, 0) is 30.2 Å². The Balaban J connectivity index is 2.10. The zero-order valence-electron chi connectivity index (χ0n) is 15.6. The lowest BCUT2D eigenvalue weighted by atomic mass is 10.1. The smallest absolute Gasteiger partial charge is 0.335 e. The van der Waals surface area contributed by atoms with Crippen LogP contribution in [0, 0.1) is 0 Å². The van der Waals surface area contributed by atoms with E-state index in [2.05, 4.69) is 0 Å². The van der Waals surface area contributed by atoms with Crippen molar-refractivity contribution >= 4 is 5.97 Å². The molecule has 1 aromatic rings. The van der Waals surface area contributed by atoms with Gasteiger partial charge < -0.3 is 28.8 Å². The van der Waals surface area contributed by atoms with Crippen LogP contribution in [0.2, 0.25) is 0 Å². The van der Waals surface area contributed by atoms with E-state index in [1.54, 1.807) is 19.1 Å². The summed E-state index contributed by atoms with van der Waals surface area (Å²) in [5, 5.41) is 9.74. The molecular formula is C19H30O7. The van der Waals surface area contributed by atoms with E-state index in [4.69, 9.17) is 23.7 Å². The number of ether oxygens (including phenoxy) is 5. The summed E-state index contributed by atoms with van der Waals surface area (Å²) in [6, 6.07) is 7.21. The molecule has 0 heterocycles. The molecule has 1 rings (SSSR count). The molecule has 1 aromatic carbocycles. The van der Waals surface area contributed by atoms with Crippen molar-refractivity contribution in [2.75, 3.05) is 52.9 Å². The van der Waals surface area contributed by atoms with Crippen molar-refractivity contribution in [3.8, 4) is 5.75 Å². The third kappa shape index (κ3) is 10.4. The van der Waals surface area contributed by atoms with Crippen molar-refractivity contribution in [3.05, 3.63) is 29.8 Å². The molecule has 0 saturated heterocycles. The quantitative estimate of drug-likeness (QED) is 0.371. The molecule has 7 heteroatoms. The lowest BCUT2D eigenvalue weighted by Gasteiger charge is -2.11. The van der Waals surface area contributed by atoms with Crippen molar-refractivity contribution in [1.82, 2.24) is 0 Å². The molecule has 0 fully saturated rings. The van der Waals surface area contributed by atoms with Gasteiger partial charge >= 0.3 is 5.97 Å². The van der Waals surface area contributed by atoms with Gasteiger partial charge in [0.1, 0.15) is 12.4 Å². The van der Waals surface area contributed by atoms with Crippen LogP contribution in [0.4, 0.5) is 0 Å². The minimum atomic E-state index is -1.15. The highest BCUT2D eigenvalue weighted by Crippen LogP contribution is 2.13. The van der Waals surface area contributed by atoms with Gasteiger partial charge in [-0.25, -0.2) is 4.79 Å². The summed E-state index contributed by atoms with van der Waals surface area (Å²) >= 11 is 0. The van der Waals surface area contributed by atoms with Gasteiger partial charge in [-0.3, -0.25) is 0 Å². The molecule has 1 N–H and O–H groups in total. The third-order valence-corrected chi connectivity index (χ3v) is 3.36. The topological polar surface area (TPSA) is 83.5 Å². The van der Waals surface area contributed by atoms with Gasteiger partial charge in [0.25, 0.3) is 0 Å². The lowest BCUT2D eigenvalue weighted by molar-refractivity contribution is -0.152. The van der Waals surface area contributed by atoms with E-state index in [9.17, 15) is 9.90 Å². The van der Waals surface area contributed by atoms with Gasteiger partial charge in [0, 0.05) is 13.0 Å². The number of carbonyl (C=O) groups is 1. The molecule has 0 spiro atoms. The summed E-state index contributed by atoms with van der Waals surface area (Å²) in [6.07, 6.45) is -0.934. The van der Waals surface area contributed by atoms with E-state index in [1.165, 1.54) is 0 Å². The molecule has 26 heavy (non-hydrogen) atoms. The molecular weight excluding hydrogens is 340 g/mol. The van der Waals surface area contributed by atoms with Crippen LogP contribution in [0.1, 0.15) is 19.4 Å². The molecule has 0 radical (unpaired) electrons. The Morgan fingerprint density at radius 1 is 0.885 bits per heavy atom. The molecule has 0 aromatic heterocycles. The maximum absolute atomic E-state index is 11.4. The van der Waals surface area contributed by atoms with Crippen molar-refractivity contribution in [1.29, 1.82) is 0 Å². The molecule has 7 nitrogen and oxygen atoms in total. The predicted molar refractivity (Wildman–Crippen MR) is 96.4 cm³/mol. The first-order chi connectivity index (χ1) is 12.7. The second-order valence-electron chi connectivity index (χ2n) is 5.39. The molecule has 0 bridgehead atoms. The van der Waals surface area contributed by atoms with E-state index in [0.29, 0.717) is 52.0 Å². The fourth-order valence-electron chi connectivity index (χ4n) is 2.07. The van der Waals surface area contributed by atoms with Gasteiger partial charge in [-0.05, 0) is 31.5 Å². The first kappa shape index (κ1) is 22.4. The number of hydrogen-bond acceptors (Lipinski definition) is 7. The first-order valence-corrected chi connectivity index (χ1v) is 8.97. The third-order valence-electron chi connectivity index (χ3n) is 3.36. The predicted octanol–water partition coefficient (Wildman–Crippen LogP) is 1.60. The van der Waals surface area contributed by atoms with Gasteiger partial charge in [0.15, 0.2) is 6.10 Å². The summed E-state index contributed by atoms with van der Waals surface area (Å²) in [5.41, 5.74) is 0.832. The Kier molecular flexibility index (Phi) is 12.5. The Morgan fingerprint density at radius 2 is 1.46 bits per heavy atom. The Morgan fingerprint density at radius 3 is 2.04 bits per heavy atom. The van der Waals surface area contributed by atoms with Crippen LogP contribution >= 0.6 is 0 Å². The fourth-order valence-corrected chi connectivity index (χ4v) is 2.07. The maximum Gasteiger partial charge on any atom is 0.335 e. The second kappa shape index (κ2) is 14.5. The van der Waals surface area contributed by atoms with E-state index in [-0.39, 0.29) is 13.0 Å². The van der Waals surface area contributed by atoms with Crippen molar-refractivity contribution in [2.24, 2.45) is 0 Å². The number of esters is 1. The largest absolute Gasteiger partial charge is 0.491 e. The number of benzene rings is 1. The number of rotatable bonds is 15. The highest BCUT2D eigenvalue weighted by atomic mass is 16.6. The van der Waals surface area contributed by atoms with E-state index < -0.39 is 12.1 Å². The average Bonchev–Trinajstić information content (AvgIpc) is 2.64. The molecule has 0 amide bonds. The molecule has 0 saturated carbocycles. The van der Waals surface area contributed by atoms with Gasteiger partial charge in [-0.2, -0.15) is 0 Å². The van der Waals surface area contributed by atoms with Gasteiger partial charge in [0.2, 0.25) is 0 Å². The number of carbonyl (C=O) groups excluding carboxylic acids is 1. The lowest BCUT2D eigenvalue weighted by Crippen LogP contribution is -2.25. The molecule has 0 aliphatic carbocycles.